The van der Waals surface area contributed by atoms with E-state index in [1.165, 1.54) is 0 Å². The Kier molecular flexibility index (Phi) is 7.05. The predicted molar refractivity (Wildman–Crippen MR) is 134 cm³/mol. The summed E-state index contributed by atoms with van der Waals surface area (Å²) in [5, 5.41) is 6.10. The minimum absolute atomic E-state index is 0.0675. The van der Waals surface area contributed by atoms with Crippen molar-refractivity contribution >= 4 is 40.0 Å². The van der Waals surface area contributed by atoms with Gasteiger partial charge in [0.05, 0.1) is 19.3 Å². The van der Waals surface area contributed by atoms with Gasteiger partial charge in [-0.25, -0.2) is 4.98 Å². The van der Waals surface area contributed by atoms with E-state index < -0.39 is 0 Å². The number of rotatable bonds is 8. The van der Waals surface area contributed by atoms with Crippen molar-refractivity contribution in [3.05, 3.63) is 70.3 Å². The molecule has 1 atom stereocenters. The number of furan rings is 2. The van der Waals surface area contributed by atoms with E-state index in [2.05, 4.69) is 15.2 Å². The molecule has 1 aromatic carbocycles. The molecule has 1 aliphatic heterocycles. The topological polar surface area (TPSA) is 80.7 Å². The molecule has 0 bridgehead atoms. The molecule has 1 amide bonds. The van der Waals surface area contributed by atoms with Crippen LogP contribution in [0.4, 0.5) is 0 Å². The van der Waals surface area contributed by atoms with Crippen LogP contribution >= 0.6 is 23.1 Å². The Hall–Kier alpha value is -2.59. The van der Waals surface area contributed by atoms with Crippen molar-refractivity contribution in [2.75, 3.05) is 32.8 Å². The molecule has 1 N–H and O–H groups in total. The molecule has 1 aliphatic rings. The monoisotopic (exact) mass is 497 g/mol. The summed E-state index contributed by atoms with van der Waals surface area (Å²) in [6, 6.07) is 11.7. The average molecular weight is 498 g/mol. The van der Waals surface area contributed by atoms with E-state index in [-0.39, 0.29) is 11.9 Å². The molecule has 3 aromatic heterocycles. The molecule has 34 heavy (non-hydrogen) atoms. The summed E-state index contributed by atoms with van der Waals surface area (Å²) in [4.78, 5) is 20.2. The van der Waals surface area contributed by atoms with Gasteiger partial charge in [-0.1, -0.05) is 30.0 Å². The maximum absolute atomic E-state index is 13.4. The Labute approximate surface area is 206 Å². The second kappa shape index (κ2) is 10.4. The molecule has 0 saturated carbocycles. The lowest BCUT2D eigenvalue weighted by atomic mass is 10.1. The first-order valence-electron chi connectivity index (χ1n) is 11.3. The Morgan fingerprint density at radius 1 is 1.18 bits per heavy atom. The summed E-state index contributed by atoms with van der Waals surface area (Å²) < 4.78 is 18.5. The van der Waals surface area contributed by atoms with E-state index in [1.807, 2.05) is 55.6 Å². The number of thiazole rings is 1. The molecule has 1 saturated heterocycles. The summed E-state index contributed by atoms with van der Waals surface area (Å²) in [5.41, 5.74) is 2.61. The fraction of sp³-hybridized carbons (Fsp3) is 0.360. The van der Waals surface area contributed by atoms with E-state index in [9.17, 15) is 4.79 Å². The van der Waals surface area contributed by atoms with Crippen molar-refractivity contribution in [3.63, 3.8) is 0 Å². The molecular weight excluding hydrogens is 470 g/mol. The van der Waals surface area contributed by atoms with Crippen molar-refractivity contribution in [1.82, 2.24) is 15.2 Å². The van der Waals surface area contributed by atoms with E-state index in [0.717, 1.165) is 45.6 Å². The van der Waals surface area contributed by atoms with Crippen LogP contribution < -0.4 is 5.32 Å². The fourth-order valence-electron chi connectivity index (χ4n) is 4.16. The van der Waals surface area contributed by atoms with Crippen LogP contribution in [0, 0.1) is 13.8 Å². The number of carbonyl (C=O) groups excluding carboxylic acids is 1. The number of nitrogens with one attached hydrogen (secondary N) is 1. The molecule has 9 heteroatoms. The summed E-state index contributed by atoms with van der Waals surface area (Å²) in [5.74, 6) is 2.45. The van der Waals surface area contributed by atoms with Gasteiger partial charge in [0, 0.05) is 47.4 Å². The molecule has 1 unspecified atom stereocenters. The van der Waals surface area contributed by atoms with Crippen LogP contribution in [0.25, 0.3) is 11.0 Å². The highest BCUT2D eigenvalue weighted by atomic mass is 32.2. The molecule has 1 fully saturated rings. The fourth-order valence-corrected chi connectivity index (χ4v) is 6.04. The zero-order valence-electron chi connectivity index (χ0n) is 19.2. The normalized spacial score (nSPS) is 15.6. The largest absolute Gasteiger partial charge is 0.465 e. The molecule has 7 nitrogen and oxygen atoms in total. The Morgan fingerprint density at radius 2 is 2.00 bits per heavy atom. The summed E-state index contributed by atoms with van der Waals surface area (Å²) in [7, 11) is 0. The molecule has 0 spiro atoms. The number of benzene rings is 1. The van der Waals surface area contributed by atoms with Gasteiger partial charge in [-0.15, -0.1) is 11.3 Å². The zero-order valence-corrected chi connectivity index (χ0v) is 20.8. The van der Waals surface area contributed by atoms with Crippen LogP contribution in [0.5, 0.6) is 0 Å². The Bertz CT molecular complexity index is 1270. The van der Waals surface area contributed by atoms with Gasteiger partial charge in [0.25, 0.3) is 5.91 Å². The minimum Gasteiger partial charge on any atom is -0.465 e. The minimum atomic E-state index is -0.219. The number of thioether (sulfide) groups is 1. The molecule has 0 aliphatic carbocycles. The highest BCUT2D eigenvalue weighted by molar-refractivity contribution is 8.00. The van der Waals surface area contributed by atoms with Gasteiger partial charge >= 0.3 is 0 Å². The molecule has 0 radical (unpaired) electrons. The van der Waals surface area contributed by atoms with Crippen LogP contribution in [0.15, 0.2) is 55.0 Å². The lowest BCUT2D eigenvalue weighted by Crippen LogP contribution is -2.43. The van der Waals surface area contributed by atoms with E-state index in [4.69, 9.17) is 13.6 Å². The highest BCUT2D eigenvalue weighted by Gasteiger charge is 2.27. The number of fused-ring (bicyclic) bond motifs is 1. The molecule has 4 aromatic rings. The maximum atomic E-state index is 13.4. The second-order valence-electron chi connectivity index (χ2n) is 8.27. The SMILES string of the molecule is Cc1csc(SCc2c(C(=O)NCC(c3ccc(C)o3)N3CCOCC3)oc3ccccc23)n1. The van der Waals surface area contributed by atoms with Crippen molar-refractivity contribution in [1.29, 1.82) is 0 Å². The smallest absolute Gasteiger partial charge is 0.287 e. The Balaban J connectivity index is 1.36. The Morgan fingerprint density at radius 3 is 2.74 bits per heavy atom. The number of para-hydroxylation sites is 1. The number of nitrogens with zero attached hydrogens (tertiary/aromatic N) is 2. The molecule has 178 valence electrons. The van der Waals surface area contributed by atoms with Crippen LogP contribution in [-0.2, 0) is 10.5 Å². The van der Waals surface area contributed by atoms with Gasteiger partial charge in [0.1, 0.15) is 21.4 Å². The van der Waals surface area contributed by atoms with Gasteiger partial charge in [-0.3, -0.25) is 9.69 Å². The molecular formula is C25H27N3O4S2. The van der Waals surface area contributed by atoms with Crippen molar-refractivity contribution in [2.24, 2.45) is 0 Å². The summed E-state index contributed by atoms with van der Waals surface area (Å²) in [6.45, 7) is 7.26. The van der Waals surface area contributed by atoms with Crippen molar-refractivity contribution < 1.29 is 18.4 Å². The maximum Gasteiger partial charge on any atom is 0.287 e. The average Bonchev–Trinajstić information content (AvgIpc) is 3.57. The second-order valence-corrected chi connectivity index (χ2v) is 10.4. The highest BCUT2D eigenvalue weighted by Crippen LogP contribution is 2.33. The lowest BCUT2D eigenvalue weighted by Gasteiger charge is -2.33. The lowest BCUT2D eigenvalue weighted by molar-refractivity contribution is 0.0116. The summed E-state index contributed by atoms with van der Waals surface area (Å²) in [6.07, 6.45) is 0. The third-order valence-corrected chi connectivity index (χ3v) is 8.04. The number of carbonyl (C=O) groups is 1. The van der Waals surface area contributed by atoms with E-state index in [0.29, 0.717) is 36.9 Å². The first kappa shape index (κ1) is 23.2. The van der Waals surface area contributed by atoms with Gasteiger partial charge < -0.3 is 18.9 Å². The third kappa shape index (κ3) is 5.07. The number of hydrogen-bond acceptors (Lipinski definition) is 8. The number of amides is 1. The van der Waals surface area contributed by atoms with Crippen LogP contribution in [0.3, 0.4) is 0 Å². The van der Waals surface area contributed by atoms with Crippen molar-refractivity contribution in [2.45, 2.75) is 30.0 Å². The zero-order chi connectivity index (χ0) is 23.5. The summed E-state index contributed by atoms with van der Waals surface area (Å²) >= 11 is 3.24. The standard InChI is InChI=1S/C25H27N3O4S2/c1-16-14-33-25(27-16)34-15-19-18-5-3-4-6-21(18)32-23(19)24(29)26-13-20(22-8-7-17(2)31-22)28-9-11-30-12-10-28/h3-8,14,20H,9-13,15H2,1-2H3,(H,26,29). The van der Waals surface area contributed by atoms with Crippen LogP contribution in [0.1, 0.15) is 39.4 Å². The first-order valence-corrected chi connectivity index (χ1v) is 13.2. The van der Waals surface area contributed by atoms with E-state index >= 15 is 0 Å². The number of aryl methyl sites for hydroxylation is 2. The number of hydrogen-bond donors (Lipinski definition) is 1. The number of aromatic nitrogens is 1. The van der Waals surface area contributed by atoms with Crippen LogP contribution in [-0.4, -0.2) is 48.6 Å². The van der Waals surface area contributed by atoms with Gasteiger partial charge in [-0.05, 0) is 32.0 Å². The third-order valence-electron chi connectivity index (χ3n) is 5.87. The van der Waals surface area contributed by atoms with E-state index in [1.54, 1.807) is 23.1 Å². The first-order chi connectivity index (χ1) is 16.6. The quantitative estimate of drug-likeness (QED) is 0.335. The van der Waals surface area contributed by atoms with Gasteiger partial charge in [0.2, 0.25) is 0 Å². The van der Waals surface area contributed by atoms with Gasteiger partial charge in [0.15, 0.2) is 5.76 Å². The number of ether oxygens (including phenoxy) is 1. The van der Waals surface area contributed by atoms with Gasteiger partial charge in [-0.2, -0.15) is 0 Å². The van der Waals surface area contributed by atoms with Crippen LogP contribution in [0.2, 0.25) is 0 Å². The predicted octanol–water partition coefficient (Wildman–Crippen LogP) is 5.19. The number of morpholine rings is 1. The molecule has 5 rings (SSSR count). The van der Waals surface area contributed by atoms with Crippen molar-refractivity contribution in [3.8, 4) is 0 Å². The molecule has 4 heterocycles.